The Morgan fingerprint density at radius 1 is 1.05 bits per heavy atom. The number of hydrogen-bond donors (Lipinski definition) is 0. The molecule has 1 atom stereocenters. The van der Waals surface area contributed by atoms with Crippen LogP contribution in [0.5, 0.6) is 5.75 Å². The number of carbonyl (C=O) groups excluding carboxylic acids is 2. The molecule has 4 rings (SSSR count). The zero-order valence-corrected chi connectivity index (χ0v) is 25.1. The van der Waals surface area contributed by atoms with Crippen LogP contribution in [0.2, 0.25) is 0 Å². The van der Waals surface area contributed by atoms with Crippen molar-refractivity contribution in [2.24, 2.45) is 5.92 Å². The van der Waals surface area contributed by atoms with Crippen molar-refractivity contribution in [1.29, 1.82) is 0 Å². The number of methoxy groups -OCH3 is 2. The van der Waals surface area contributed by atoms with Gasteiger partial charge >= 0.3 is 12.1 Å². The highest BCUT2D eigenvalue weighted by Crippen LogP contribution is 2.36. The Morgan fingerprint density at radius 2 is 1.75 bits per heavy atom. The van der Waals surface area contributed by atoms with Gasteiger partial charge in [-0.25, -0.2) is 9.59 Å². The maximum atomic E-state index is 13.1. The minimum atomic E-state index is -0.594. The first kappa shape index (κ1) is 29.6. The van der Waals surface area contributed by atoms with Gasteiger partial charge in [-0.15, -0.1) is 0 Å². The molecule has 1 fully saturated rings. The van der Waals surface area contributed by atoms with Gasteiger partial charge < -0.3 is 14.2 Å². The smallest absolute Gasteiger partial charge is 0.419 e. The molecule has 0 spiro atoms. The molecule has 3 aromatic rings. The summed E-state index contributed by atoms with van der Waals surface area (Å²) in [7, 11) is 3.09. The van der Waals surface area contributed by atoms with E-state index in [2.05, 4.69) is 23.6 Å². The lowest BCUT2D eigenvalue weighted by Crippen LogP contribution is -2.48. The molecule has 1 aliphatic rings. The van der Waals surface area contributed by atoms with Gasteiger partial charge in [-0.2, -0.15) is 0 Å². The summed E-state index contributed by atoms with van der Waals surface area (Å²) in [6, 6.07) is 11.9. The van der Waals surface area contributed by atoms with Gasteiger partial charge in [0.1, 0.15) is 11.4 Å². The zero-order valence-electron chi connectivity index (χ0n) is 25.1. The van der Waals surface area contributed by atoms with Gasteiger partial charge in [-0.05, 0) is 69.0 Å². The van der Waals surface area contributed by atoms with Crippen LogP contribution in [-0.2, 0) is 16.0 Å². The second kappa shape index (κ2) is 12.0. The lowest BCUT2D eigenvalue weighted by Gasteiger charge is -2.42. The molecule has 0 bridgehead atoms. The molecule has 8 nitrogen and oxygen atoms in total. The molecule has 0 saturated carbocycles. The van der Waals surface area contributed by atoms with Crippen LogP contribution in [0.1, 0.15) is 67.7 Å². The van der Waals surface area contributed by atoms with Crippen LogP contribution in [-0.4, -0.2) is 72.4 Å². The van der Waals surface area contributed by atoms with Crippen molar-refractivity contribution in [2.45, 2.75) is 59.7 Å². The van der Waals surface area contributed by atoms with E-state index in [-0.39, 0.29) is 12.0 Å². The molecule has 1 unspecified atom stereocenters. The van der Waals surface area contributed by atoms with Crippen LogP contribution in [0.25, 0.3) is 10.9 Å². The minimum Gasteiger partial charge on any atom is -0.496 e. The Morgan fingerprint density at radius 3 is 2.35 bits per heavy atom. The number of ether oxygens (including phenoxy) is 3. The average molecular weight is 550 g/mol. The van der Waals surface area contributed by atoms with Crippen LogP contribution < -0.4 is 4.74 Å². The predicted octanol–water partition coefficient (Wildman–Crippen LogP) is 6.04. The monoisotopic (exact) mass is 549 g/mol. The molecule has 1 aliphatic heterocycles. The molecule has 0 aliphatic carbocycles. The summed E-state index contributed by atoms with van der Waals surface area (Å²) in [4.78, 5) is 30.1. The Kier molecular flexibility index (Phi) is 8.90. The number of esters is 1. The first-order valence-corrected chi connectivity index (χ1v) is 14.0. The number of aryl methyl sites for hydroxylation is 1. The number of hydrogen-bond acceptors (Lipinski definition) is 7. The number of fused-ring (bicyclic) bond motifs is 1. The molecule has 2 aromatic carbocycles. The second-order valence-electron chi connectivity index (χ2n) is 12.1. The van der Waals surface area contributed by atoms with Crippen molar-refractivity contribution in [3.05, 3.63) is 64.8 Å². The number of aromatic nitrogens is 1. The zero-order chi connectivity index (χ0) is 29.2. The van der Waals surface area contributed by atoms with Crippen LogP contribution in [0.15, 0.2) is 42.6 Å². The molecular formula is C32H43N3O5. The van der Waals surface area contributed by atoms with Crippen molar-refractivity contribution < 1.29 is 23.8 Å². The highest BCUT2D eigenvalue weighted by atomic mass is 16.6. The van der Waals surface area contributed by atoms with Gasteiger partial charge in [-0.1, -0.05) is 26.0 Å². The van der Waals surface area contributed by atoms with Gasteiger partial charge in [0.15, 0.2) is 0 Å². The van der Waals surface area contributed by atoms with E-state index in [9.17, 15) is 9.59 Å². The summed E-state index contributed by atoms with van der Waals surface area (Å²) < 4.78 is 18.1. The molecule has 216 valence electrons. The van der Waals surface area contributed by atoms with E-state index in [1.54, 1.807) is 17.9 Å². The largest absolute Gasteiger partial charge is 0.496 e. The minimum absolute atomic E-state index is 0.119. The van der Waals surface area contributed by atoms with Crippen LogP contribution >= 0.6 is 0 Å². The predicted molar refractivity (Wildman–Crippen MR) is 157 cm³/mol. The van der Waals surface area contributed by atoms with E-state index in [0.29, 0.717) is 18.0 Å². The van der Waals surface area contributed by atoms with E-state index < -0.39 is 11.7 Å². The SMILES string of the molecule is COC(=O)c1ccc(C2CN(CC(C)C)CCN2Cc2c(OC)cc(C)c3c2ccn3C(=O)OC(C)(C)C)cc1. The number of piperazine rings is 1. The molecular weight excluding hydrogens is 506 g/mol. The van der Waals surface area contributed by atoms with Gasteiger partial charge in [0, 0.05) is 55.9 Å². The number of benzene rings is 2. The van der Waals surface area contributed by atoms with Gasteiger partial charge in [-0.3, -0.25) is 14.4 Å². The van der Waals surface area contributed by atoms with Crippen LogP contribution in [0.4, 0.5) is 4.79 Å². The summed E-state index contributed by atoms with van der Waals surface area (Å²) >= 11 is 0. The molecule has 1 saturated heterocycles. The highest BCUT2D eigenvalue weighted by molar-refractivity contribution is 5.95. The van der Waals surface area contributed by atoms with E-state index in [4.69, 9.17) is 14.2 Å². The number of carbonyl (C=O) groups is 2. The normalized spacial score (nSPS) is 16.9. The Balaban J connectivity index is 1.72. The third-order valence-corrected chi connectivity index (χ3v) is 7.32. The van der Waals surface area contributed by atoms with Crippen molar-refractivity contribution in [2.75, 3.05) is 40.4 Å². The maximum Gasteiger partial charge on any atom is 0.419 e. The van der Waals surface area contributed by atoms with Crippen molar-refractivity contribution in [3.8, 4) is 5.75 Å². The molecule has 0 N–H and O–H groups in total. The highest BCUT2D eigenvalue weighted by Gasteiger charge is 2.31. The molecule has 0 radical (unpaired) electrons. The first-order valence-electron chi connectivity index (χ1n) is 14.0. The standard InChI is InChI=1S/C32H43N3O5/c1-21(2)18-33-15-16-34(27(20-33)23-9-11-24(12-10-23)30(36)39-8)19-26-25-13-14-35(31(37)40-32(4,5)6)29(25)22(3)17-28(26)38-7/h9-14,17,21,27H,15-16,18-20H2,1-8H3. The Hall–Kier alpha value is -3.36. The van der Waals surface area contributed by atoms with E-state index >= 15 is 0 Å². The third kappa shape index (κ3) is 6.50. The lowest BCUT2D eigenvalue weighted by molar-refractivity contribution is 0.0542. The number of rotatable bonds is 7. The summed E-state index contributed by atoms with van der Waals surface area (Å²) in [6.07, 6.45) is 1.39. The molecule has 1 aromatic heterocycles. The second-order valence-corrected chi connectivity index (χ2v) is 12.1. The first-order chi connectivity index (χ1) is 18.9. The summed E-state index contributed by atoms with van der Waals surface area (Å²) in [6.45, 7) is 16.5. The molecule has 0 amide bonds. The summed E-state index contributed by atoms with van der Waals surface area (Å²) in [5.74, 6) is 1.03. The average Bonchev–Trinajstić information content (AvgIpc) is 3.35. The van der Waals surface area contributed by atoms with Crippen molar-refractivity contribution in [1.82, 2.24) is 14.4 Å². The maximum absolute atomic E-state index is 13.1. The van der Waals surface area contributed by atoms with E-state index in [1.165, 1.54) is 7.11 Å². The van der Waals surface area contributed by atoms with Crippen molar-refractivity contribution >= 4 is 23.0 Å². The lowest BCUT2D eigenvalue weighted by atomic mass is 9.98. The summed E-state index contributed by atoms with van der Waals surface area (Å²) in [5, 5.41) is 0.979. The molecule has 40 heavy (non-hydrogen) atoms. The van der Waals surface area contributed by atoms with Gasteiger partial charge in [0.25, 0.3) is 0 Å². The van der Waals surface area contributed by atoms with Gasteiger partial charge in [0.2, 0.25) is 0 Å². The van der Waals surface area contributed by atoms with Crippen LogP contribution in [0, 0.1) is 12.8 Å². The Bertz CT molecular complexity index is 1350. The topological polar surface area (TPSA) is 73.2 Å². The van der Waals surface area contributed by atoms with E-state index in [0.717, 1.165) is 59.5 Å². The van der Waals surface area contributed by atoms with Gasteiger partial charge in [0.05, 0.1) is 25.3 Å². The Labute approximate surface area is 237 Å². The summed E-state index contributed by atoms with van der Waals surface area (Å²) in [5.41, 5.74) is 3.92. The number of nitrogens with zero attached hydrogens (tertiary/aromatic N) is 3. The fourth-order valence-corrected chi connectivity index (χ4v) is 5.60. The fraction of sp³-hybridized carbons (Fsp3) is 0.500. The third-order valence-electron chi connectivity index (χ3n) is 7.32. The molecule has 2 heterocycles. The fourth-order valence-electron chi connectivity index (χ4n) is 5.60. The van der Waals surface area contributed by atoms with E-state index in [1.807, 2.05) is 64.1 Å². The van der Waals surface area contributed by atoms with Crippen LogP contribution in [0.3, 0.4) is 0 Å². The van der Waals surface area contributed by atoms with Crippen molar-refractivity contribution in [3.63, 3.8) is 0 Å². The molecule has 8 heteroatoms. The quantitative estimate of drug-likeness (QED) is 0.333.